The van der Waals surface area contributed by atoms with E-state index in [4.69, 9.17) is 16.6 Å². The molecule has 3 rings (SSSR count). The highest BCUT2D eigenvalue weighted by Crippen LogP contribution is 2.35. The Labute approximate surface area is 214 Å². The second-order valence-electron chi connectivity index (χ2n) is 9.03. The van der Waals surface area contributed by atoms with E-state index in [9.17, 15) is 10.2 Å². The fourth-order valence-corrected chi connectivity index (χ4v) is 4.12. The van der Waals surface area contributed by atoms with Crippen LogP contribution in [0, 0.1) is 16.6 Å². The lowest BCUT2D eigenvalue weighted by atomic mass is 9.98. The van der Waals surface area contributed by atoms with Crippen LogP contribution in [0.15, 0.2) is 30.3 Å². The molecule has 9 heteroatoms. The van der Waals surface area contributed by atoms with E-state index in [1.165, 1.54) is 23.1 Å². The number of piperazine rings is 1. The first-order valence-electron chi connectivity index (χ1n) is 12.6. The molecule has 0 unspecified atom stereocenters. The molecule has 8 nitrogen and oxygen atoms in total. The van der Waals surface area contributed by atoms with Crippen LogP contribution in [0.5, 0.6) is 11.5 Å². The highest BCUT2D eigenvalue weighted by atomic mass is 19.1. The normalized spacial score (nSPS) is 13.8. The summed E-state index contributed by atoms with van der Waals surface area (Å²) in [6, 6.07) is 7.60. The zero-order chi connectivity index (χ0) is 27.0. The van der Waals surface area contributed by atoms with E-state index in [1.54, 1.807) is 13.0 Å². The van der Waals surface area contributed by atoms with Gasteiger partial charge in [-0.25, -0.2) is 4.39 Å². The summed E-state index contributed by atoms with van der Waals surface area (Å²) >= 11 is 0. The van der Waals surface area contributed by atoms with E-state index in [0.717, 1.165) is 45.0 Å². The number of phenols is 2. The molecule has 0 radical (unpaired) electrons. The first-order chi connectivity index (χ1) is 17.1. The average Bonchev–Trinajstić information content (AvgIpc) is 2.85. The average molecular weight is 501 g/mol. The Morgan fingerprint density at radius 2 is 1.64 bits per heavy atom. The first-order valence-corrected chi connectivity index (χ1v) is 12.6. The van der Waals surface area contributed by atoms with Crippen molar-refractivity contribution in [2.75, 3.05) is 49.1 Å². The molecule has 0 atom stereocenters. The molecule has 1 aliphatic heterocycles. The number of nitrogens with zero attached hydrogens (tertiary/aromatic N) is 3. The molecule has 0 aromatic heterocycles. The number of likely N-dealkylation sites (N-methyl/N-ethyl adjacent to an activating group) is 1. The molecule has 6 N–H and O–H groups in total. The minimum Gasteiger partial charge on any atom is -0.508 e. The Kier molecular flexibility index (Phi) is 10.7. The van der Waals surface area contributed by atoms with Gasteiger partial charge in [0.05, 0.1) is 11.3 Å². The molecular weight excluding hydrogens is 459 g/mol. The van der Waals surface area contributed by atoms with Crippen LogP contribution in [0.2, 0.25) is 0 Å². The van der Waals surface area contributed by atoms with Gasteiger partial charge >= 0.3 is 0 Å². The summed E-state index contributed by atoms with van der Waals surface area (Å²) in [7, 11) is 0. The first kappa shape index (κ1) is 29.1. The van der Waals surface area contributed by atoms with E-state index in [0.29, 0.717) is 5.56 Å². The third-order valence-corrected chi connectivity index (χ3v) is 6.21. The number of aromatic hydroxyl groups is 2. The summed E-state index contributed by atoms with van der Waals surface area (Å²) in [6.45, 7) is 14.8. The van der Waals surface area contributed by atoms with E-state index < -0.39 is 5.82 Å². The number of rotatable bonds is 6. The van der Waals surface area contributed by atoms with Crippen LogP contribution in [0.25, 0.3) is 0 Å². The lowest BCUT2D eigenvalue weighted by Crippen LogP contribution is -2.46. The SMILES string of the molecule is CCC(=N)N(C(=N)c1cc(C(C)C)c(O)cc1O)c1ccc(N2CCN(CC)CC2)cc1F.CCN. The quantitative estimate of drug-likeness (QED) is 0.290. The van der Waals surface area contributed by atoms with Gasteiger partial charge in [-0.3, -0.25) is 15.7 Å². The molecule has 198 valence electrons. The van der Waals surface area contributed by atoms with Crippen molar-refractivity contribution in [2.45, 2.75) is 47.0 Å². The van der Waals surface area contributed by atoms with Crippen molar-refractivity contribution in [1.29, 1.82) is 10.8 Å². The lowest BCUT2D eigenvalue weighted by Gasteiger charge is -2.36. The number of phenolic OH excluding ortho intramolecular Hbond substituents is 2. The molecule has 1 fully saturated rings. The summed E-state index contributed by atoms with van der Waals surface area (Å²) in [5.41, 5.74) is 6.41. The third kappa shape index (κ3) is 6.73. The van der Waals surface area contributed by atoms with Gasteiger partial charge in [0.2, 0.25) is 0 Å². The zero-order valence-corrected chi connectivity index (χ0v) is 22.1. The number of hydrogen-bond donors (Lipinski definition) is 5. The third-order valence-electron chi connectivity index (χ3n) is 6.21. The smallest absolute Gasteiger partial charge is 0.149 e. The van der Waals surface area contributed by atoms with Crippen LogP contribution in [-0.2, 0) is 0 Å². The number of nitrogens with two attached hydrogens (primary N) is 1. The van der Waals surface area contributed by atoms with Gasteiger partial charge in [-0.1, -0.05) is 34.6 Å². The van der Waals surface area contributed by atoms with E-state index in [-0.39, 0.29) is 46.8 Å². The topological polar surface area (TPSA) is 124 Å². The predicted octanol–water partition coefficient (Wildman–Crippen LogP) is 4.69. The molecule has 0 aliphatic carbocycles. The largest absolute Gasteiger partial charge is 0.508 e. The van der Waals surface area contributed by atoms with Crippen molar-refractivity contribution in [3.8, 4) is 11.5 Å². The Morgan fingerprint density at radius 1 is 1.03 bits per heavy atom. The summed E-state index contributed by atoms with van der Waals surface area (Å²) < 4.78 is 15.4. The molecule has 2 aromatic rings. The molecule has 1 heterocycles. The van der Waals surface area contributed by atoms with Crippen LogP contribution in [-0.4, -0.2) is 66.1 Å². The monoisotopic (exact) mass is 500 g/mol. The molecule has 1 aliphatic rings. The fraction of sp³-hybridized carbons (Fsp3) is 0.481. The number of amidine groups is 2. The Hall–Kier alpha value is -3.17. The molecule has 0 amide bonds. The van der Waals surface area contributed by atoms with Gasteiger partial charge in [-0.05, 0) is 48.8 Å². The Bertz CT molecular complexity index is 1050. The van der Waals surface area contributed by atoms with Crippen molar-refractivity contribution in [2.24, 2.45) is 5.73 Å². The van der Waals surface area contributed by atoms with Crippen molar-refractivity contribution in [1.82, 2.24) is 4.90 Å². The number of benzene rings is 2. The number of halogens is 1. The van der Waals surface area contributed by atoms with Crippen LogP contribution < -0.4 is 15.5 Å². The van der Waals surface area contributed by atoms with Crippen molar-refractivity contribution >= 4 is 23.0 Å². The summed E-state index contributed by atoms with van der Waals surface area (Å²) in [6.07, 6.45) is 0.276. The summed E-state index contributed by atoms with van der Waals surface area (Å²) in [5, 5.41) is 37.8. The van der Waals surface area contributed by atoms with Crippen molar-refractivity contribution in [3.05, 3.63) is 47.3 Å². The standard InChI is InChI=1S/C25H34FN5O2.C2H7N/c1-5-24(27)31(25(28)19-14-18(16(3)4)22(32)15-23(19)33)21-8-7-17(13-20(21)26)30-11-9-29(6-2)10-12-30;1-2-3/h7-8,13-16,27-28,32-33H,5-6,9-12H2,1-4H3;2-3H2,1H3. The van der Waals surface area contributed by atoms with Gasteiger partial charge in [0, 0.05) is 44.4 Å². The maximum atomic E-state index is 15.4. The summed E-state index contributed by atoms with van der Waals surface area (Å²) in [5.74, 6) is -1.11. The predicted molar refractivity (Wildman–Crippen MR) is 147 cm³/mol. The van der Waals surface area contributed by atoms with Crippen molar-refractivity contribution in [3.63, 3.8) is 0 Å². The minimum absolute atomic E-state index is 0.0294. The van der Waals surface area contributed by atoms with Gasteiger partial charge in [0.1, 0.15) is 29.0 Å². The highest BCUT2D eigenvalue weighted by Gasteiger charge is 2.26. The van der Waals surface area contributed by atoms with Gasteiger partial charge in [-0.15, -0.1) is 0 Å². The molecule has 0 spiro atoms. The molecule has 0 saturated carbocycles. The van der Waals surface area contributed by atoms with E-state index in [1.807, 2.05) is 26.8 Å². The number of nitrogens with one attached hydrogen (secondary N) is 2. The molecule has 36 heavy (non-hydrogen) atoms. The molecule has 2 aromatic carbocycles. The fourth-order valence-electron chi connectivity index (χ4n) is 4.12. The van der Waals surface area contributed by atoms with Crippen molar-refractivity contribution < 1.29 is 14.6 Å². The molecular formula is C27H41FN6O2. The van der Waals surface area contributed by atoms with Gasteiger partial charge in [0.15, 0.2) is 0 Å². The molecule has 0 bridgehead atoms. The zero-order valence-electron chi connectivity index (χ0n) is 22.1. The van der Waals surface area contributed by atoms with Crippen LogP contribution in [0.1, 0.15) is 58.1 Å². The maximum Gasteiger partial charge on any atom is 0.149 e. The second kappa shape index (κ2) is 13.2. The number of hydrogen-bond acceptors (Lipinski definition) is 7. The minimum atomic E-state index is -0.532. The Morgan fingerprint density at radius 3 is 2.14 bits per heavy atom. The van der Waals surface area contributed by atoms with Gasteiger partial charge < -0.3 is 25.7 Å². The second-order valence-corrected chi connectivity index (χ2v) is 9.03. The Balaban J connectivity index is 0.00000145. The summed E-state index contributed by atoms with van der Waals surface area (Å²) in [4.78, 5) is 5.70. The van der Waals surface area contributed by atoms with Crippen LogP contribution in [0.3, 0.4) is 0 Å². The van der Waals surface area contributed by atoms with E-state index in [2.05, 4.69) is 16.7 Å². The van der Waals surface area contributed by atoms with Gasteiger partial charge in [-0.2, -0.15) is 0 Å². The van der Waals surface area contributed by atoms with Crippen LogP contribution in [0.4, 0.5) is 15.8 Å². The lowest BCUT2D eigenvalue weighted by molar-refractivity contribution is 0.271. The van der Waals surface area contributed by atoms with Crippen LogP contribution >= 0.6 is 0 Å². The maximum absolute atomic E-state index is 15.4. The molecule has 1 saturated heterocycles. The van der Waals surface area contributed by atoms with E-state index >= 15 is 4.39 Å². The highest BCUT2D eigenvalue weighted by molar-refractivity contribution is 6.24. The number of anilines is 2. The van der Waals surface area contributed by atoms with Gasteiger partial charge in [0.25, 0.3) is 0 Å².